The number of thiophene rings is 1. The van der Waals surface area contributed by atoms with Crippen LogP contribution in [0, 0.1) is 0 Å². The molecule has 0 atom stereocenters. The van der Waals surface area contributed by atoms with Gasteiger partial charge in [-0.3, -0.25) is 9.36 Å². The Morgan fingerprint density at radius 2 is 2.13 bits per heavy atom. The number of ether oxygens (including phenoxy) is 1. The number of piperidine rings is 1. The summed E-state index contributed by atoms with van der Waals surface area (Å²) in [6.07, 6.45) is 1.11. The Labute approximate surface area is 187 Å². The first-order chi connectivity index (χ1) is 14.6. The number of carbonyl (C=O) groups is 1. The fourth-order valence-electron chi connectivity index (χ4n) is 3.62. The van der Waals surface area contributed by atoms with Crippen molar-refractivity contribution < 1.29 is 9.53 Å². The van der Waals surface area contributed by atoms with Crippen LogP contribution in [0.25, 0.3) is 10.2 Å². The number of carbonyl (C=O) groups excluding carboxylic acids is 1. The summed E-state index contributed by atoms with van der Waals surface area (Å²) >= 11 is 9.07. The van der Waals surface area contributed by atoms with Gasteiger partial charge in [0.15, 0.2) is 5.16 Å². The molecule has 158 valence electrons. The highest BCUT2D eigenvalue weighted by atomic mass is 35.5. The molecule has 1 aliphatic heterocycles. The quantitative estimate of drug-likeness (QED) is 0.384. The molecule has 2 aromatic heterocycles. The number of hydrogen-bond acceptors (Lipinski definition) is 6. The lowest BCUT2D eigenvalue weighted by Crippen LogP contribution is -2.41. The molecule has 3 heterocycles. The third kappa shape index (κ3) is 4.50. The number of rotatable bonds is 5. The molecular weight excluding hydrogens is 442 g/mol. The van der Waals surface area contributed by atoms with Gasteiger partial charge in [-0.15, -0.1) is 11.3 Å². The first-order valence-corrected chi connectivity index (χ1v) is 12.1. The molecule has 0 aliphatic carbocycles. The van der Waals surface area contributed by atoms with Crippen LogP contribution < -0.4 is 5.56 Å². The summed E-state index contributed by atoms with van der Waals surface area (Å²) < 4.78 is 7.61. The molecule has 4 rings (SSSR count). The van der Waals surface area contributed by atoms with Crippen molar-refractivity contribution in [2.24, 2.45) is 0 Å². The van der Waals surface area contributed by atoms with Gasteiger partial charge in [-0.1, -0.05) is 35.5 Å². The number of thioether (sulfide) groups is 1. The predicted octanol–water partition coefficient (Wildman–Crippen LogP) is 5.20. The molecular formula is C21H22ClN3O3S2. The van der Waals surface area contributed by atoms with E-state index in [0.29, 0.717) is 53.2 Å². The number of aromatic nitrogens is 2. The number of amides is 1. The molecule has 1 aromatic carbocycles. The number of fused-ring (bicyclic) bond motifs is 1. The van der Waals surface area contributed by atoms with Gasteiger partial charge in [0.25, 0.3) is 5.56 Å². The van der Waals surface area contributed by atoms with Gasteiger partial charge in [0.2, 0.25) is 0 Å². The van der Waals surface area contributed by atoms with Crippen LogP contribution in [0.4, 0.5) is 4.79 Å². The standard InChI is InChI=1S/C21H22ClN3O3S2/c1-2-28-21(27)24-9-6-16(7-10-24)25-19(26)18-17(8-11-29-18)23-20(25)30-13-14-4-3-5-15(22)12-14/h3-5,8,11-12,16H,2,6-7,9-10,13H2,1H3. The van der Waals surface area contributed by atoms with Gasteiger partial charge in [0.1, 0.15) is 4.70 Å². The Morgan fingerprint density at radius 3 is 2.87 bits per heavy atom. The maximum atomic E-state index is 13.3. The highest BCUT2D eigenvalue weighted by molar-refractivity contribution is 7.98. The van der Waals surface area contributed by atoms with E-state index in [1.807, 2.05) is 40.3 Å². The lowest BCUT2D eigenvalue weighted by atomic mass is 10.1. The molecule has 3 aromatic rings. The van der Waals surface area contributed by atoms with Crippen LogP contribution in [-0.2, 0) is 10.5 Å². The minimum absolute atomic E-state index is 0.00169. The highest BCUT2D eigenvalue weighted by Crippen LogP contribution is 2.30. The molecule has 30 heavy (non-hydrogen) atoms. The van der Waals surface area contributed by atoms with Gasteiger partial charge in [-0.2, -0.15) is 0 Å². The normalized spacial score (nSPS) is 14.9. The van der Waals surface area contributed by atoms with Crippen molar-refractivity contribution in [1.82, 2.24) is 14.5 Å². The number of halogens is 1. The van der Waals surface area contributed by atoms with E-state index in [2.05, 4.69) is 0 Å². The van der Waals surface area contributed by atoms with Crippen molar-refractivity contribution in [3.63, 3.8) is 0 Å². The zero-order valence-corrected chi connectivity index (χ0v) is 18.9. The smallest absolute Gasteiger partial charge is 0.409 e. The fraction of sp³-hybridized carbons (Fsp3) is 0.381. The minimum atomic E-state index is -0.286. The van der Waals surface area contributed by atoms with Crippen LogP contribution in [0.1, 0.15) is 31.4 Å². The van der Waals surface area contributed by atoms with Crippen LogP contribution >= 0.6 is 34.7 Å². The van der Waals surface area contributed by atoms with Crippen molar-refractivity contribution in [3.8, 4) is 0 Å². The van der Waals surface area contributed by atoms with Crippen molar-refractivity contribution in [1.29, 1.82) is 0 Å². The Kier molecular flexibility index (Phi) is 6.65. The van der Waals surface area contributed by atoms with Gasteiger partial charge in [-0.25, -0.2) is 9.78 Å². The van der Waals surface area contributed by atoms with E-state index in [1.165, 1.54) is 11.3 Å². The van der Waals surface area contributed by atoms with Crippen LogP contribution in [0.2, 0.25) is 5.02 Å². The van der Waals surface area contributed by atoms with Gasteiger partial charge < -0.3 is 9.64 Å². The lowest BCUT2D eigenvalue weighted by Gasteiger charge is -2.32. The van der Waals surface area contributed by atoms with Crippen molar-refractivity contribution in [2.45, 2.75) is 36.7 Å². The van der Waals surface area contributed by atoms with Crippen molar-refractivity contribution in [3.05, 3.63) is 56.7 Å². The third-order valence-corrected chi connectivity index (χ3v) is 7.24. The maximum Gasteiger partial charge on any atom is 0.409 e. The van der Waals surface area contributed by atoms with Crippen LogP contribution in [0.15, 0.2) is 45.7 Å². The summed E-state index contributed by atoms with van der Waals surface area (Å²) in [5.74, 6) is 0.671. The molecule has 1 amide bonds. The highest BCUT2D eigenvalue weighted by Gasteiger charge is 2.27. The molecule has 0 radical (unpaired) electrons. The average molecular weight is 464 g/mol. The van der Waals surface area contributed by atoms with E-state index >= 15 is 0 Å². The van der Waals surface area contributed by atoms with Gasteiger partial charge in [0, 0.05) is 29.9 Å². The minimum Gasteiger partial charge on any atom is -0.450 e. The van der Waals surface area contributed by atoms with Gasteiger partial charge in [-0.05, 0) is 48.9 Å². The third-order valence-electron chi connectivity index (χ3n) is 5.09. The fourth-order valence-corrected chi connectivity index (χ4v) is 5.61. The second-order valence-electron chi connectivity index (χ2n) is 7.04. The summed E-state index contributed by atoms with van der Waals surface area (Å²) in [5, 5.41) is 3.30. The van der Waals surface area contributed by atoms with E-state index in [9.17, 15) is 9.59 Å². The lowest BCUT2D eigenvalue weighted by molar-refractivity contribution is 0.0915. The summed E-state index contributed by atoms with van der Waals surface area (Å²) in [6.45, 7) is 3.30. The van der Waals surface area contributed by atoms with E-state index in [-0.39, 0.29) is 17.7 Å². The molecule has 1 fully saturated rings. The largest absolute Gasteiger partial charge is 0.450 e. The first kappa shape index (κ1) is 21.2. The number of nitrogens with zero attached hydrogens (tertiary/aromatic N) is 3. The second kappa shape index (κ2) is 9.41. The van der Waals surface area contributed by atoms with E-state index in [4.69, 9.17) is 21.3 Å². The van der Waals surface area contributed by atoms with Crippen molar-refractivity contribution in [2.75, 3.05) is 19.7 Å². The summed E-state index contributed by atoms with van der Waals surface area (Å²) in [7, 11) is 0. The average Bonchev–Trinajstić information content (AvgIpc) is 3.22. The summed E-state index contributed by atoms with van der Waals surface area (Å²) in [6, 6.07) is 9.60. The van der Waals surface area contributed by atoms with Crippen LogP contribution in [0.5, 0.6) is 0 Å². The molecule has 0 saturated carbocycles. The van der Waals surface area contributed by atoms with Gasteiger partial charge >= 0.3 is 6.09 Å². The molecule has 0 N–H and O–H groups in total. The molecule has 0 unspecified atom stereocenters. The zero-order chi connectivity index (χ0) is 21.1. The van der Waals surface area contributed by atoms with Gasteiger partial charge in [0.05, 0.1) is 12.1 Å². The number of hydrogen-bond donors (Lipinski definition) is 0. The zero-order valence-electron chi connectivity index (χ0n) is 16.5. The molecule has 9 heteroatoms. The molecule has 1 aliphatic rings. The van der Waals surface area contributed by atoms with E-state index in [1.54, 1.807) is 23.6 Å². The van der Waals surface area contributed by atoms with Crippen LogP contribution in [0.3, 0.4) is 0 Å². The Morgan fingerprint density at radius 1 is 1.33 bits per heavy atom. The Balaban J connectivity index is 1.60. The Bertz CT molecular complexity index is 1110. The molecule has 0 spiro atoms. The van der Waals surface area contributed by atoms with E-state index < -0.39 is 0 Å². The SMILES string of the molecule is CCOC(=O)N1CCC(n2c(SCc3cccc(Cl)c3)nc3ccsc3c2=O)CC1. The Hall–Kier alpha value is -2.03. The number of likely N-dealkylation sites (tertiary alicyclic amines) is 1. The summed E-state index contributed by atoms with van der Waals surface area (Å²) in [5.41, 5.74) is 1.81. The maximum absolute atomic E-state index is 13.3. The predicted molar refractivity (Wildman–Crippen MR) is 122 cm³/mol. The van der Waals surface area contributed by atoms with E-state index in [0.717, 1.165) is 11.1 Å². The van der Waals surface area contributed by atoms with Crippen LogP contribution in [-0.4, -0.2) is 40.2 Å². The molecule has 0 bridgehead atoms. The topological polar surface area (TPSA) is 64.4 Å². The monoisotopic (exact) mass is 463 g/mol. The molecule has 6 nitrogen and oxygen atoms in total. The first-order valence-electron chi connectivity index (χ1n) is 9.85. The van der Waals surface area contributed by atoms with Crippen molar-refractivity contribution >= 4 is 51.0 Å². The summed E-state index contributed by atoms with van der Waals surface area (Å²) in [4.78, 5) is 31.8. The molecule has 1 saturated heterocycles. The second-order valence-corrected chi connectivity index (χ2v) is 9.34. The number of benzene rings is 1.